The predicted molar refractivity (Wildman–Crippen MR) is 147 cm³/mol. The first-order valence-electron chi connectivity index (χ1n) is 13.1. The van der Waals surface area contributed by atoms with Crippen LogP contribution < -0.4 is 4.18 Å². The highest BCUT2D eigenvalue weighted by molar-refractivity contribution is 7.88. The summed E-state index contributed by atoms with van der Waals surface area (Å²) in [4.78, 5) is 47.8. The van der Waals surface area contributed by atoms with Gasteiger partial charge < -0.3 is 27.9 Å². The molecule has 0 N–H and O–H groups in total. The summed E-state index contributed by atoms with van der Waals surface area (Å²) in [6, 6.07) is 9.34. The van der Waals surface area contributed by atoms with Crippen LogP contribution in [-0.2, 0) is 59.4 Å². The van der Waals surface area contributed by atoms with Crippen molar-refractivity contribution in [1.29, 1.82) is 0 Å². The second kappa shape index (κ2) is 14.5. The van der Waals surface area contributed by atoms with Crippen LogP contribution in [-0.4, -0.2) is 68.8 Å². The molecule has 17 heteroatoms. The molecule has 0 spiro atoms. The quantitative estimate of drug-likeness (QED) is 0.154. The Morgan fingerprint density at radius 1 is 0.822 bits per heavy atom. The Kier molecular flexibility index (Phi) is 11.4. The Bertz CT molecular complexity index is 1530. The number of carbonyl (C=O) groups is 4. The lowest BCUT2D eigenvalue weighted by Gasteiger charge is -2.44. The summed E-state index contributed by atoms with van der Waals surface area (Å²) < 4.78 is 92.2. The van der Waals surface area contributed by atoms with Crippen molar-refractivity contribution in [3.63, 3.8) is 0 Å². The molecule has 1 aliphatic rings. The van der Waals surface area contributed by atoms with Crippen molar-refractivity contribution < 1.29 is 68.6 Å². The maximum atomic E-state index is 12.7. The van der Waals surface area contributed by atoms with Crippen LogP contribution in [0, 0.1) is 0 Å². The number of alkyl halides is 3. The van der Waals surface area contributed by atoms with Crippen LogP contribution >= 0.6 is 11.6 Å². The minimum absolute atomic E-state index is 0.0875. The number of ether oxygens (including phenoxy) is 5. The standard InChI is InChI=1S/C28H28ClF3O12S/c1-14(33)39-13-23-25(40-15(2)34)27(42-17(4)36)26(41-16(3)35)24(43-23)19-7-10-22(29)20(12-19)11-18-5-8-21(9-6-18)44-45(37,38)28(30,31)32/h5-10,12,23-27H,11,13H2,1-4H3/t23-,24+,25-,26+,27+/m1/s1. The van der Waals surface area contributed by atoms with Crippen LogP contribution in [0.3, 0.4) is 0 Å². The maximum Gasteiger partial charge on any atom is 0.534 e. The lowest BCUT2D eigenvalue weighted by molar-refractivity contribution is -0.254. The molecule has 2 aromatic rings. The molecule has 1 saturated heterocycles. The fourth-order valence-corrected chi connectivity index (χ4v) is 5.10. The zero-order valence-electron chi connectivity index (χ0n) is 24.2. The van der Waals surface area contributed by atoms with Crippen LogP contribution in [0.1, 0.15) is 50.5 Å². The minimum Gasteiger partial charge on any atom is -0.463 e. The van der Waals surface area contributed by atoms with Gasteiger partial charge in [0.15, 0.2) is 18.3 Å². The van der Waals surface area contributed by atoms with Crippen LogP contribution in [0.5, 0.6) is 5.75 Å². The van der Waals surface area contributed by atoms with Gasteiger partial charge in [0.25, 0.3) is 0 Å². The maximum absolute atomic E-state index is 12.7. The zero-order valence-corrected chi connectivity index (χ0v) is 25.7. The van der Waals surface area contributed by atoms with E-state index in [1.807, 2.05) is 0 Å². The molecule has 2 aromatic carbocycles. The zero-order chi connectivity index (χ0) is 33.7. The van der Waals surface area contributed by atoms with Gasteiger partial charge in [-0.25, -0.2) is 0 Å². The van der Waals surface area contributed by atoms with Crippen molar-refractivity contribution in [2.45, 2.75) is 70.1 Å². The molecular weight excluding hydrogens is 653 g/mol. The number of esters is 4. The molecule has 1 fully saturated rings. The first-order chi connectivity index (χ1) is 20.9. The second-order valence-electron chi connectivity index (χ2n) is 9.77. The number of hydrogen-bond donors (Lipinski definition) is 0. The van der Waals surface area contributed by atoms with Crippen molar-refractivity contribution in [2.24, 2.45) is 0 Å². The number of hydrogen-bond acceptors (Lipinski definition) is 12. The van der Waals surface area contributed by atoms with Crippen molar-refractivity contribution in [3.8, 4) is 5.75 Å². The Balaban J connectivity index is 1.99. The van der Waals surface area contributed by atoms with Crippen LogP contribution in [0.25, 0.3) is 0 Å². The van der Waals surface area contributed by atoms with Gasteiger partial charge in [-0.05, 0) is 41.3 Å². The van der Waals surface area contributed by atoms with Crippen LogP contribution in [0.2, 0.25) is 5.02 Å². The van der Waals surface area contributed by atoms with E-state index in [0.29, 0.717) is 16.7 Å². The Hall–Kier alpha value is -3.89. The van der Waals surface area contributed by atoms with E-state index in [1.54, 1.807) is 6.07 Å². The lowest BCUT2D eigenvalue weighted by atomic mass is 9.89. The lowest BCUT2D eigenvalue weighted by Crippen LogP contribution is -2.59. The molecular formula is C28H28ClF3O12S. The van der Waals surface area contributed by atoms with E-state index in [9.17, 15) is 40.8 Å². The fraction of sp³-hybridized carbons (Fsp3) is 0.429. The molecule has 1 heterocycles. The minimum atomic E-state index is -5.86. The average Bonchev–Trinajstić information content (AvgIpc) is 2.90. The molecule has 0 radical (unpaired) electrons. The van der Waals surface area contributed by atoms with Crippen molar-refractivity contribution in [1.82, 2.24) is 0 Å². The Morgan fingerprint density at radius 3 is 1.91 bits per heavy atom. The van der Waals surface area contributed by atoms with Gasteiger partial charge in [0, 0.05) is 32.7 Å². The van der Waals surface area contributed by atoms with E-state index in [-0.39, 0.29) is 11.4 Å². The monoisotopic (exact) mass is 680 g/mol. The SMILES string of the molecule is CC(=O)OC[C@H]1O[C@@H](c2ccc(Cl)c(Cc3ccc(OS(=O)(=O)C(F)(F)F)cc3)c2)[C@H](OC(C)=O)[C@@H](OC(C)=O)[C@@H]1OC(C)=O. The molecule has 1 aliphatic heterocycles. The van der Waals surface area contributed by atoms with Gasteiger partial charge >= 0.3 is 39.5 Å². The van der Waals surface area contributed by atoms with E-state index < -0.39 is 82.4 Å². The summed E-state index contributed by atoms with van der Waals surface area (Å²) in [5, 5.41) is 0.254. The molecule has 0 unspecified atom stereocenters. The summed E-state index contributed by atoms with van der Waals surface area (Å²) in [6.07, 6.45) is -6.37. The van der Waals surface area contributed by atoms with Crippen molar-refractivity contribution >= 4 is 45.6 Å². The van der Waals surface area contributed by atoms with Gasteiger partial charge in [0.05, 0.1) is 0 Å². The highest BCUT2D eigenvalue weighted by atomic mass is 35.5. The smallest absolute Gasteiger partial charge is 0.463 e. The fourth-order valence-electron chi connectivity index (χ4n) is 4.46. The van der Waals surface area contributed by atoms with E-state index in [1.165, 1.54) is 24.3 Å². The highest BCUT2D eigenvalue weighted by Gasteiger charge is 2.52. The van der Waals surface area contributed by atoms with Gasteiger partial charge in [-0.1, -0.05) is 35.9 Å². The van der Waals surface area contributed by atoms with Gasteiger partial charge in [-0.3, -0.25) is 19.2 Å². The van der Waals surface area contributed by atoms with Crippen LogP contribution in [0.15, 0.2) is 42.5 Å². The first-order valence-corrected chi connectivity index (χ1v) is 14.8. The molecule has 12 nitrogen and oxygen atoms in total. The summed E-state index contributed by atoms with van der Waals surface area (Å²) >= 11 is 6.43. The largest absolute Gasteiger partial charge is 0.534 e. The number of carbonyl (C=O) groups excluding carboxylic acids is 4. The van der Waals surface area contributed by atoms with Gasteiger partial charge in [0.1, 0.15) is 24.6 Å². The first kappa shape index (κ1) is 35.6. The number of rotatable bonds is 10. The molecule has 0 aliphatic carbocycles. The number of benzene rings is 2. The number of halogens is 4. The average molecular weight is 681 g/mol. The van der Waals surface area contributed by atoms with Gasteiger partial charge in [-0.15, -0.1) is 0 Å². The summed E-state index contributed by atoms with van der Waals surface area (Å²) in [5.41, 5.74) is -4.30. The van der Waals surface area contributed by atoms with Crippen molar-refractivity contribution in [3.05, 3.63) is 64.2 Å². The summed E-state index contributed by atoms with van der Waals surface area (Å²) in [7, 11) is -5.86. The molecule has 5 atom stereocenters. The molecule has 0 aromatic heterocycles. The highest BCUT2D eigenvalue weighted by Crippen LogP contribution is 2.39. The van der Waals surface area contributed by atoms with E-state index in [4.69, 9.17) is 35.3 Å². The summed E-state index contributed by atoms with van der Waals surface area (Å²) in [6.45, 7) is 4.02. The van der Waals surface area contributed by atoms with Crippen molar-refractivity contribution in [2.75, 3.05) is 6.61 Å². The van der Waals surface area contributed by atoms with E-state index in [2.05, 4.69) is 4.18 Å². The predicted octanol–water partition coefficient (Wildman–Crippen LogP) is 3.96. The Labute approximate surface area is 260 Å². The third kappa shape index (κ3) is 9.55. The molecule has 45 heavy (non-hydrogen) atoms. The molecule has 0 bridgehead atoms. The molecule has 3 rings (SSSR count). The van der Waals surface area contributed by atoms with Crippen LogP contribution in [0.4, 0.5) is 13.2 Å². The third-order valence-corrected chi connectivity index (χ3v) is 7.54. The molecule has 246 valence electrons. The topological polar surface area (TPSA) is 158 Å². The van der Waals surface area contributed by atoms with E-state index in [0.717, 1.165) is 39.8 Å². The van der Waals surface area contributed by atoms with Gasteiger partial charge in [0.2, 0.25) is 0 Å². The van der Waals surface area contributed by atoms with E-state index >= 15 is 0 Å². The normalized spacial score (nSPS) is 21.7. The summed E-state index contributed by atoms with van der Waals surface area (Å²) in [5.74, 6) is -3.60. The third-order valence-electron chi connectivity index (χ3n) is 6.20. The molecule has 0 saturated carbocycles. The Morgan fingerprint density at radius 2 is 1.38 bits per heavy atom. The molecule has 0 amide bonds. The van der Waals surface area contributed by atoms with Gasteiger partial charge in [-0.2, -0.15) is 21.6 Å². The second-order valence-corrected chi connectivity index (χ2v) is 11.7.